The molecule has 5 heteroatoms. The second-order valence-corrected chi connectivity index (χ2v) is 3.80. The standard InChI is InChI=1S/C10H20ClNO3/c1-9(2)15-8-10(13)12(5-4-11)6-7-14-3/h9H,4-8H2,1-3H3. The third-order valence-electron chi connectivity index (χ3n) is 1.81. The highest BCUT2D eigenvalue weighted by molar-refractivity contribution is 6.18. The number of amides is 1. The lowest BCUT2D eigenvalue weighted by Crippen LogP contribution is -2.38. The molecule has 0 aliphatic rings. The Bertz CT molecular complexity index is 176. The molecule has 0 saturated carbocycles. The number of halogens is 1. The molecular formula is C10H20ClNO3. The van der Waals surface area contributed by atoms with Crippen molar-refractivity contribution in [3.63, 3.8) is 0 Å². The minimum absolute atomic E-state index is 0.0404. The third-order valence-corrected chi connectivity index (χ3v) is 1.98. The molecular weight excluding hydrogens is 218 g/mol. The minimum Gasteiger partial charge on any atom is -0.383 e. The summed E-state index contributed by atoms with van der Waals surface area (Å²) in [4.78, 5) is 13.3. The molecule has 0 fully saturated rings. The summed E-state index contributed by atoms with van der Waals surface area (Å²) >= 11 is 5.61. The third kappa shape index (κ3) is 7.59. The first-order valence-electron chi connectivity index (χ1n) is 5.06. The SMILES string of the molecule is COCCN(CCCl)C(=O)COC(C)C. The van der Waals surface area contributed by atoms with Crippen LogP contribution >= 0.6 is 11.6 Å². The highest BCUT2D eigenvalue weighted by atomic mass is 35.5. The van der Waals surface area contributed by atoms with E-state index in [1.165, 1.54) is 0 Å². The lowest BCUT2D eigenvalue weighted by Gasteiger charge is -2.21. The van der Waals surface area contributed by atoms with Crippen LogP contribution in [0.15, 0.2) is 0 Å². The quantitative estimate of drug-likeness (QED) is 0.594. The van der Waals surface area contributed by atoms with Gasteiger partial charge >= 0.3 is 0 Å². The molecule has 0 aliphatic carbocycles. The van der Waals surface area contributed by atoms with Crippen molar-refractivity contribution in [3.05, 3.63) is 0 Å². The van der Waals surface area contributed by atoms with Crippen molar-refractivity contribution in [1.82, 2.24) is 4.90 Å². The number of carbonyl (C=O) groups excluding carboxylic acids is 1. The predicted molar refractivity (Wildman–Crippen MR) is 60.3 cm³/mol. The Morgan fingerprint density at radius 1 is 1.40 bits per heavy atom. The fraction of sp³-hybridized carbons (Fsp3) is 0.900. The molecule has 1 amide bonds. The van der Waals surface area contributed by atoms with Gasteiger partial charge < -0.3 is 14.4 Å². The Hall–Kier alpha value is -0.320. The Kier molecular flexibility index (Phi) is 8.76. The Morgan fingerprint density at radius 2 is 2.07 bits per heavy atom. The largest absolute Gasteiger partial charge is 0.383 e. The molecule has 0 rings (SSSR count). The molecule has 0 unspecified atom stereocenters. The number of rotatable bonds is 8. The van der Waals surface area contributed by atoms with E-state index in [1.807, 2.05) is 13.8 Å². The van der Waals surface area contributed by atoms with E-state index in [2.05, 4.69) is 0 Å². The number of hydrogen-bond donors (Lipinski definition) is 0. The molecule has 90 valence electrons. The van der Waals surface area contributed by atoms with Crippen LogP contribution in [0.4, 0.5) is 0 Å². The average molecular weight is 238 g/mol. The zero-order valence-corrected chi connectivity index (χ0v) is 10.4. The van der Waals surface area contributed by atoms with E-state index in [9.17, 15) is 4.79 Å². The number of hydrogen-bond acceptors (Lipinski definition) is 3. The molecule has 0 spiro atoms. The summed E-state index contributed by atoms with van der Waals surface area (Å²) in [6, 6.07) is 0. The number of methoxy groups -OCH3 is 1. The van der Waals surface area contributed by atoms with E-state index in [-0.39, 0.29) is 18.6 Å². The fourth-order valence-electron chi connectivity index (χ4n) is 0.994. The maximum Gasteiger partial charge on any atom is 0.248 e. The van der Waals surface area contributed by atoms with E-state index in [4.69, 9.17) is 21.1 Å². The summed E-state index contributed by atoms with van der Waals surface area (Å²) < 4.78 is 10.2. The molecule has 0 aliphatic heterocycles. The maximum absolute atomic E-state index is 11.6. The summed E-state index contributed by atoms with van der Waals surface area (Å²) in [6.45, 7) is 5.51. The van der Waals surface area contributed by atoms with Crippen LogP contribution in [-0.4, -0.2) is 56.2 Å². The van der Waals surface area contributed by atoms with Crippen LogP contribution in [-0.2, 0) is 14.3 Å². The maximum atomic E-state index is 11.6. The van der Waals surface area contributed by atoms with Crippen molar-refractivity contribution in [2.75, 3.05) is 39.3 Å². The van der Waals surface area contributed by atoms with Crippen LogP contribution in [0, 0.1) is 0 Å². The second-order valence-electron chi connectivity index (χ2n) is 3.42. The smallest absolute Gasteiger partial charge is 0.248 e. The molecule has 4 nitrogen and oxygen atoms in total. The van der Waals surface area contributed by atoms with Crippen molar-refractivity contribution in [3.8, 4) is 0 Å². The van der Waals surface area contributed by atoms with Gasteiger partial charge in [-0.3, -0.25) is 4.79 Å². The van der Waals surface area contributed by atoms with E-state index >= 15 is 0 Å². The molecule has 15 heavy (non-hydrogen) atoms. The first-order valence-corrected chi connectivity index (χ1v) is 5.59. The van der Waals surface area contributed by atoms with Gasteiger partial charge in [-0.1, -0.05) is 0 Å². The molecule has 0 heterocycles. The Labute approximate surface area is 96.5 Å². The van der Waals surface area contributed by atoms with Gasteiger partial charge in [-0.05, 0) is 13.8 Å². The van der Waals surface area contributed by atoms with Crippen LogP contribution in [0.25, 0.3) is 0 Å². The van der Waals surface area contributed by atoms with Gasteiger partial charge in [0.15, 0.2) is 0 Å². The monoisotopic (exact) mass is 237 g/mol. The highest BCUT2D eigenvalue weighted by Gasteiger charge is 2.13. The summed E-state index contributed by atoms with van der Waals surface area (Å²) in [5.74, 6) is 0.387. The van der Waals surface area contributed by atoms with Crippen molar-refractivity contribution < 1.29 is 14.3 Å². The van der Waals surface area contributed by atoms with E-state index in [0.29, 0.717) is 25.6 Å². The summed E-state index contributed by atoms with van der Waals surface area (Å²) in [5, 5.41) is 0. The molecule has 0 aromatic rings. The van der Waals surface area contributed by atoms with Crippen LogP contribution < -0.4 is 0 Å². The van der Waals surface area contributed by atoms with Crippen LogP contribution in [0.5, 0.6) is 0 Å². The lowest BCUT2D eigenvalue weighted by atomic mass is 10.4. The summed E-state index contributed by atoms with van der Waals surface area (Å²) in [6.07, 6.45) is 0.0641. The van der Waals surface area contributed by atoms with E-state index in [1.54, 1.807) is 12.0 Å². The van der Waals surface area contributed by atoms with Gasteiger partial charge in [0.25, 0.3) is 0 Å². The van der Waals surface area contributed by atoms with Crippen LogP contribution in [0.1, 0.15) is 13.8 Å². The van der Waals surface area contributed by atoms with Crippen molar-refractivity contribution in [2.45, 2.75) is 20.0 Å². The molecule has 0 radical (unpaired) electrons. The van der Waals surface area contributed by atoms with Gasteiger partial charge in [-0.15, -0.1) is 11.6 Å². The summed E-state index contributed by atoms with van der Waals surface area (Å²) in [7, 11) is 1.61. The van der Waals surface area contributed by atoms with Crippen LogP contribution in [0.2, 0.25) is 0 Å². The number of alkyl halides is 1. The van der Waals surface area contributed by atoms with Crippen LogP contribution in [0.3, 0.4) is 0 Å². The van der Waals surface area contributed by atoms with Gasteiger partial charge in [-0.25, -0.2) is 0 Å². The van der Waals surface area contributed by atoms with Gasteiger partial charge in [0, 0.05) is 26.1 Å². The number of carbonyl (C=O) groups is 1. The Morgan fingerprint density at radius 3 is 2.53 bits per heavy atom. The van der Waals surface area contributed by atoms with E-state index < -0.39 is 0 Å². The molecule has 0 N–H and O–H groups in total. The number of nitrogens with zero attached hydrogens (tertiary/aromatic N) is 1. The second kappa shape index (κ2) is 8.95. The average Bonchev–Trinajstić information content (AvgIpc) is 2.20. The van der Waals surface area contributed by atoms with Gasteiger partial charge in [-0.2, -0.15) is 0 Å². The zero-order chi connectivity index (χ0) is 11.7. The molecule has 0 aromatic heterocycles. The van der Waals surface area contributed by atoms with Crippen molar-refractivity contribution in [1.29, 1.82) is 0 Å². The lowest BCUT2D eigenvalue weighted by molar-refractivity contribution is -0.137. The number of ether oxygens (including phenoxy) is 2. The van der Waals surface area contributed by atoms with Crippen molar-refractivity contribution in [2.24, 2.45) is 0 Å². The molecule has 0 aromatic carbocycles. The highest BCUT2D eigenvalue weighted by Crippen LogP contribution is 1.95. The summed E-state index contributed by atoms with van der Waals surface area (Å²) in [5.41, 5.74) is 0. The van der Waals surface area contributed by atoms with Gasteiger partial charge in [0.05, 0.1) is 12.7 Å². The topological polar surface area (TPSA) is 38.8 Å². The zero-order valence-electron chi connectivity index (χ0n) is 9.66. The van der Waals surface area contributed by atoms with Gasteiger partial charge in [0.2, 0.25) is 5.91 Å². The van der Waals surface area contributed by atoms with Gasteiger partial charge in [0.1, 0.15) is 6.61 Å². The Balaban J connectivity index is 3.92. The fourth-order valence-corrected chi connectivity index (χ4v) is 1.20. The molecule has 0 bridgehead atoms. The molecule has 0 saturated heterocycles. The first kappa shape index (κ1) is 14.7. The first-order chi connectivity index (χ1) is 7.11. The van der Waals surface area contributed by atoms with Crippen molar-refractivity contribution >= 4 is 17.5 Å². The minimum atomic E-state index is -0.0404. The molecule has 0 atom stereocenters. The predicted octanol–water partition coefficient (Wildman–Crippen LogP) is 1.13. The van der Waals surface area contributed by atoms with E-state index in [0.717, 1.165) is 0 Å². The normalized spacial score (nSPS) is 10.7.